The number of carbonyl (C=O) groups excluding carboxylic acids is 3. The molecule has 0 bridgehead atoms. The highest BCUT2D eigenvalue weighted by atomic mass is 16.6. The maximum Gasteiger partial charge on any atom is 0.202 e. The lowest BCUT2D eigenvalue weighted by Gasteiger charge is -2.32. The van der Waals surface area contributed by atoms with Gasteiger partial charge in [-0.15, -0.1) is 0 Å². The summed E-state index contributed by atoms with van der Waals surface area (Å²) in [7, 11) is 0. The molecule has 3 unspecified atom stereocenters. The Morgan fingerprint density at radius 2 is 1.58 bits per heavy atom. The van der Waals surface area contributed by atoms with Gasteiger partial charge < -0.3 is 9.84 Å². The SMILES string of the molecule is CC(C)=CCCC(C)=CCC12OC1(CC=C(C)C)C(=O)C1=C(C2=O)C(NN)C(=O)C(C)=C1O. The third kappa shape index (κ3) is 3.98. The van der Waals surface area contributed by atoms with Crippen LogP contribution in [0.3, 0.4) is 0 Å². The summed E-state index contributed by atoms with van der Waals surface area (Å²) in [6.45, 7) is 11.3. The van der Waals surface area contributed by atoms with Crippen molar-refractivity contribution >= 4 is 17.3 Å². The first-order chi connectivity index (χ1) is 15.4. The minimum atomic E-state index is -1.41. The van der Waals surface area contributed by atoms with Gasteiger partial charge in [-0.1, -0.05) is 34.9 Å². The van der Waals surface area contributed by atoms with E-state index in [9.17, 15) is 19.5 Å². The van der Waals surface area contributed by atoms with Crippen LogP contribution in [0.4, 0.5) is 0 Å². The van der Waals surface area contributed by atoms with Gasteiger partial charge in [-0.3, -0.25) is 20.2 Å². The quantitative estimate of drug-likeness (QED) is 0.222. The van der Waals surface area contributed by atoms with E-state index in [2.05, 4.69) is 11.5 Å². The zero-order chi connectivity index (χ0) is 24.7. The lowest BCUT2D eigenvalue weighted by atomic mass is 9.66. The van der Waals surface area contributed by atoms with Crippen molar-refractivity contribution in [3.8, 4) is 0 Å². The number of epoxide rings is 1. The number of aliphatic hydroxyl groups excluding tert-OH is 1. The van der Waals surface area contributed by atoms with Crippen LogP contribution in [0.25, 0.3) is 0 Å². The van der Waals surface area contributed by atoms with Gasteiger partial charge in [-0.25, -0.2) is 5.43 Å². The monoisotopic (exact) mass is 454 g/mol. The molecule has 3 atom stereocenters. The third-order valence-electron chi connectivity index (χ3n) is 6.74. The normalized spacial score (nSPS) is 29.1. The summed E-state index contributed by atoms with van der Waals surface area (Å²) in [4.78, 5) is 40.3. The maximum atomic E-state index is 13.8. The molecule has 0 amide bonds. The first kappa shape index (κ1) is 25.0. The summed E-state index contributed by atoms with van der Waals surface area (Å²) in [5, 5.41) is 10.7. The Bertz CT molecular complexity index is 1070. The zero-order valence-corrected chi connectivity index (χ0v) is 20.3. The summed E-state index contributed by atoms with van der Waals surface area (Å²) >= 11 is 0. The molecule has 3 aliphatic rings. The van der Waals surface area contributed by atoms with Gasteiger partial charge in [0.25, 0.3) is 0 Å². The van der Waals surface area contributed by atoms with Crippen molar-refractivity contribution in [2.75, 3.05) is 0 Å². The molecule has 33 heavy (non-hydrogen) atoms. The molecular formula is C26H34N2O5. The van der Waals surface area contributed by atoms with Gasteiger partial charge in [0.1, 0.15) is 11.8 Å². The number of hydrogen-bond donors (Lipinski definition) is 3. The van der Waals surface area contributed by atoms with Crippen molar-refractivity contribution in [1.82, 2.24) is 5.43 Å². The number of fused-ring (bicyclic) bond motifs is 1. The molecule has 3 rings (SSSR count). The van der Waals surface area contributed by atoms with E-state index in [1.165, 1.54) is 12.5 Å². The highest BCUT2D eigenvalue weighted by Crippen LogP contribution is 2.61. The van der Waals surface area contributed by atoms with E-state index in [0.717, 1.165) is 24.0 Å². The van der Waals surface area contributed by atoms with E-state index in [4.69, 9.17) is 10.6 Å². The molecule has 0 saturated carbocycles. The molecule has 7 nitrogen and oxygen atoms in total. The topological polar surface area (TPSA) is 122 Å². The predicted molar refractivity (Wildman–Crippen MR) is 126 cm³/mol. The van der Waals surface area contributed by atoms with Crippen LogP contribution in [-0.2, 0) is 19.1 Å². The highest BCUT2D eigenvalue weighted by Gasteiger charge is 2.80. The second kappa shape index (κ2) is 8.97. The summed E-state index contributed by atoms with van der Waals surface area (Å²) in [6, 6.07) is -1.20. The molecular weight excluding hydrogens is 420 g/mol. The van der Waals surface area contributed by atoms with Gasteiger partial charge in [0.2, 0.25) is 5.78 Å². The van der Waals surface area contributed by atoms with Crippen molar-refractivity contribution < 1.29 is 24.2 Å². The van der Waals surface area contributed by atoms with Crippen molar-refractivity contribution in [3.63, 3.8) is 0 Å². The number of rotatable bonds is 8. The number of aliphatic hydroxyl groups is 1. The van der Waals surface area contributed by atoms with Crippen LogP contribution in [0.2, 0.25) is 0 Å². The molecule has 1 aliphatic heterocycles. The van der Waals surface area contributed by atoms with E-state index < -0.39 is 40.4 Å². The Morgan fingerprint density at radius 3 is 2.15 bits per heavy atom. The minimum Gasteiger partial charge on any atom is -0.507 e. The molecule has 1 saturated heterocycles. The minimum absolute atomic E-state index is 0.00150. The van der Waals surface area contributed by atoms with Crippen molar-refractivity contribution in [1.29, 1.82) is 0 Å². The Balaban J connectivity index is 2.07. The lowest BCUT2D eigenvalue weighted by molar-refractivity contribution is -0.126. The standard InChI is InChI=1S/C26H34N2O5/c1-14(2)8-7-9-16(5)11-13-26-23(31)18-19(21(29)17(6)22(30)20(18)28-27)24(32)25(26,33-26)12-10-15(3)4/h8,10-11,20,28-29H,7,9,12-13,27H2,1-6H3. The van der Waals surface area contributed by atoms with Crippen molar-refractivity contribution in [2.24, 2.45) is 5.84 Å². The molecule has 4 N–H and O–H groups in total. The summed E-state index contributed by atoms with van der Waals surface area (Å²) < 4.78 is 6.07. The van der Waals surface area contributed by atoms with Crippen LogP contribution >= 0.6 is 0 Å². The van der Waals surface area contributed by atoms with Crippen LogP contribution in [0.15, 0.2) is 57.4 Å². The molecule has 178 valence electrons. The Hall–Kier alpha value is -2.61. The number of hydrazine groups is 1. The molecule has 1 heterocycles. The van der Waals surface area contributed by atoms with E-state index in [0.29, 0.717) is 0 Å². The fourth-order valence-electron chi connectivity index (χ4n) is 4.66. The van der Waals surface area contributed by atoms with Crippen LogP contribution in [-0.4, -0.2) is 39.7 Å². The van der Waals surface area contributed by atoms with Crippen molar-refractivity contribution in [2.45, 2.75) is 84.5 Å². The van der Waals surface area contributed by atoms with Gasteiger partial charge in [0, 0.05) is 24.0 Å². The Labute approximate surface area is 195 Å². The first-order valence-corrected chi connectivity index (χ1v) is 11.3. The smallest absolute Gasteiger partial charge is 0.202 e. The van der Waals surface area contributed by atoms with E-state index in [1.807, 2.05) is 46.8 Å². The number of ketones is 3. The second-order valence-electron chi connectivity index (χ2n) is 9.70. The van der Waals surface area contributed by atoms with Crippen LogP contribution in [0, 0.1) is 0 Å². The number of nitrogens with two attached hydrogens (primary N) is 1. The molecule has 7 heteroatoms. The fourth-order valence-corrected chi connectivity index (χ4v) is 4.66. The number of hydrogen-bond acceptors (Lipinski definition) is 7. The number of Topliss-reactive ketones (excluding diaryl/α,β-unsaturated/α-hetero) is 3. The number of carbonyl (C=O) groups is 3. The van der Waals surface area contributed by atoms with Crippen LogP contribution < -0.4 is 11.3 Å². The van der Waals surface area contributed by atoms with Crippen molar-refractivity contribution in [3.05, 3.63) is 57.4 Å². The average Bonchev–Trinajstić information content (AvgIpc) is 3.44. The predicted octanol–water partition coefficient (Wildman–Crippen LogP) is 3.63. The average molecular weight is 455 g/mol. The lowest BCUT2D eigenvalue weighted by Crippen LogP contribution is -2.55. The first-order valence-electron chi connectivity index (χ1n) is 11.3. The largest absolute Gasteiger partial charge is 0.507 e. The van der Waals surface area contributed by atoms with Gasteiger partial charge in [-0.05, 0) is 54.4 Å². The van der Waals surface area contributed by atoms with Crippen LogP contribution in [0.5, 0.6) is 0 Å². The van der Waals surface area contributed by atoms with Gasteiger partial charge in [-0.2, -0.15) is 0 Å². The molecule has 0 aromatic rings. The second-order valence-corrected chi connectivity index (χ2v) is 9.70. The van der Waals surface area contributed by atoms with Gasteiger partial charge >= 0.3 is 0 Å². The van der Waals surface area contributed by atoms with Gasteiger partial charge in [0.15, 0.2) is 22.8 Å². The summed E-state index contributed by atoms with van der Waals surface area (Å²) in [6.07, 6.45) is 8.09. The molecule has 1 fully saturated rings. The van der Waals surface area contributed by atoms with E-state index in [-0.39, 0.29) is 29.6 Å². The molecule has 0 radical (unpaired) electrons. The summed E-state index contributed by atoms with van der Waals surface area (Å²) in [5.74, 6) is 3.67. The number of allylic oxidation sites excluding steroid dienone is 5. The third-order valence-corrected chi connectivity index (χ3v) is 6.74. The Morgan fingerprint density at radius 1 is 1.00 bits per heavy atom. The molecule has 0 aromatic heterocycles. The molecule has 0 aromatic carbocycles. The summed E-state index contributed by atoms with van der Waals surface area (Å²) in [5.41, 5.74) is 2.61. The number of nitrogens with one attached hydrogen (secondary N) is 1. The zero-order valence-electron chi connectivity index (χ0n) is 20.3. The van der Waals surface area contributed by atoms with E-state index in [1.54, 1.807) is 0 Å². The maximum absolute atomic E-state index is 13.8. The number of ether oxygens (including phenoxy) is 1. The highest BCUT2D eigenvalue weighted by molar-refractivity contribution is 6.29. The van der Waals surface area contributed by atoms with Crippen LogP contribution in [0.1, 0.15) is 67.2 Å². The van der Waals surface area contributed by atoms with E-state index >= 15 is 0 Å². The fraction of sp³-hybridized carbons (Fsp3) is 0.500. The molecule has 0 spiro atoms. The molecule has 2 aliphatic carbocycles. The Kier molecular flexibility index (Phi) is 6.80. The van der Waals surface area contributed by atoms with Gasteiger partial charge in [0.05, 0.1) is 5.57 Å².